The summed E-state index contributed by atoms with van der Waals surface area (Å²) >= 11 is 0. The van der Waals surface area contributed by atoms with Crippen LogP contribution in [0.3, 0.4) is 0 Å². The second-order valence-electron chi connectivity index (χ2n) is 3.58. The Labute approximate surface area is 74.3 Å². The van der Waals surface area contributed by atoms with Gasteiger partial charge in [-0.15, -0.1) is 0 Å². The van der Waals surface area contributed by atoms with Crippen LogP contribution in [0.15, 0.2) is 0 Å². The predicted octanol–water partition coefficient (Wildman–Crippen LogP) is 2.52. The van der Waals surface area contributed by atoms with Crippen molar-refractivity contribution in [2.75, 3.05) is 6.61 Å². The van der Waals surface area contributed by atoms with E-state index in [2.05, 4.69) is 6.92 Å². The number of hydrogen-bond donors (Lipinski definition) is 0. The molecule has 2 heteroatoms. The van der Waals surface area contributed by atoms with Crippen molar-refractivity contribution in [2.45, 2.75) is 45.4 Å². The summed E-state index contributed by atoms with van der Waals surface area (Å²) in [6.07, 6.45) is 6.55. The molecule has 0 bridgehead atoms. The van der Waals surface area contributed by atoms with Gasteiger partial charge >= 0.3 is 5.97 Å². The first-order valence-corrected chi connectivity index (χ1v) is 4.98. The number of rotatable bonds is 3. The first-order valence-electron chi connectivity index (χ1n) is 4.98. The smallest absolute Gasteiger partial charge is 0.305 e. The fourth-order valence-electron chi connectivity index (χ4n) is 1.62. The van der Waals surface area contributed by atoms with Crippen molar-refractivity contribution in [3.63, 3.8) is 0 Å². The Morgan fingerprint density at radius 3 is 3.17 bits per heavy atom. The van der Waals surface area contributed by atoms with Gasteiger partial charge in [-0.3, -0.25) is 4.79 Å². The van der Waals surface area contributed by atoms with Crippen LogP contribution in [0, 0.1) is 5.92 Å². The van der Waals surface area contributed by atoms with Crippen LogP contribution >= 0.6 is 0 Å². The largest absolute Gasteiger partial charge is 0.465 e. The van der Waals surface area contributed by atoms with Crippen LogP contribution in [0.2, 0.25) is 0 Å². The summed E-state index contributed by atoms with van der Waals surface area (Å²) in [5.41, 5.74) is 0. The van der Waals surface area contributed by atoms with E-state index in [4.69, 9.17) is 4.74 Å². The Balaban J connectivity index is 2.21. The Morgan fingerprint density at radius 2 is 2.42 bits per heavy atom. The third kappa shape index (κ3) is 3.24. The minimum absolute atomic E-state index is 0.00556. The summed E-state index contributed by atoms with van der Waals surface area (Å²) in [4.78, 5) is 10.9. The molecule has 0 saturated carbocycles. The van der Waals surface area contributed by atoms with Crippen molar-refractivity contribution in [3.05, 3.63) is 0 Å². The van der Waals surface area contributed by atoms with Gasteiger partial charge in [0, 0.05) is 6.42 Å². The average Bonchev–Trinajstić information content (AvgIpc) is 2.27. The molecule has 1 rings (SSSR count). The lowest BCUT2D eigenvalue weighted by atomic mass is 9.98. The molecular formula is C10H18O2. The lowest BCUT2D eigenvalue weighted by Gasteiger charge is -2.11. The summed E-state index contributed by atoms with van der Waals surface area (Å²) in [5, 5.41) is 0. The molecule has 70 valence electrons. The van der Waals surface area contributed by atoms with Crippen molar-refractivity contribution in [3.8, 4) is 0 Å². The van der Waals surface area contributed by atoms with Gasteiger partial charge in [0.2, 0.25) is 0 Å². The third-order valence-corrected chi connectivity index (χ3v) is 2.44. The third-order valence-electron chi connectivity index (χ3n) is 2.44. The highest BCUT2D eigenvalue weighted by Gasteiger charge is 2.16. The normalized spacial score (nSPS) is 24.8. The SMILES string of the molecule is CCCC[C@@H]1CCCC(=O)OC1. The van der Waals surface area contributed by atoms with Crippen LogP contribution < -0.4 is 0 Å². The van der Waals surface area contributed by atoms with Gasteiger partial charge in [0.15, 0.2) is 0 Å². The highest BCUT2D eigenvalue weighted by Crippen LogP contribution is 2.19. The highest BCUT2D eigenvalue weighted by atomic mass is 16.5. The zero-order valence-corrected chi connectivity index (χ0v) is 7.84. The molecule has 1 saturated heterocycles. The van der Waals surface area contributed by atoms with E-state index in [-0.39, 0.29) is 5.97 Å². The molecule has 0 aromatic heterocycles. The van der Waals surface area contributed by atoms with E-state index in [1.54, 1.807) is 0 Å². The molecule has 0 amide bonds. The lowest BCUT2D eigenvalue weighted by molar-refractivity contribution is -0.143. The number of cyclic esters (lactones) is 1. The van der Waals surface area contributed by atoms with Crippen LogP contribution in [-0.4, -0.2) is 12.6 Å². The van der Waals surface area contributed by atoms with Gasteiger partial charge in [0.1, 0.15) is 0 Å². The minimum atomic E-state index is -0.00556. The fourth-order valence-corrected chi connectivity index (χ4v) is 1.62. The second-order valence-corrected chi connectivity index (χ2v) is 3.58. The van der Waals surface area contributed by atoms with Gasteiger partial charge in [0.05, 0.1) is 6.61 Å². The van der Waals surface area contributed by atoms with Crippen LogP contribution in [0.25, 0.3) is 0 Å². The van der Waals surface area contributed by atoms with Gasteiger partial charge in [-0.1, -0.05) is 19.8 Å². The molecule has 0 aliphatic carbocycles. The number of unbranched alkanes of at least 4 members (excludes halogenated alkanes) is 1. The predicted molar refractivity (Wildman–Crippen MR) is 47.8 cm³/mol. The summed E-state index contributed by atoms with van der Waals surface area (Å²) in [7, 11) is 0. The first kappa shape index (κ1) is 9.56. The molecule has 0 aromatic carbocycles. The number of ether oxygens (including phenoxy) is 1. The maximum absolute atomic E-state index is 10.9. The Morgan fingerprint density at radius 1 is 1.58 bits per heavy atom. The van der Waals surface area contributed by atoms with Crippen molar-refractivity contribution >= 4 is 5.97 Å². The van der Waals surface area contributed by atoms with Crippen LogP contribution in [0.4, 0.5) is 0 Å². The summed E-state index contributed by atoms with van der Waals surface area (Å²) in [6.45, 7) is 2.86. The molecular weight excluding hydrogens is 152 g/mol. The maximum Gasteiger partial charge on any atom is 0.305 e. The summed E-state index contributed by atoms with van der Waals surface area (Å²) in [6, 6.07) is 0. The van der Waals surface area contributed by atoms with Crippen molar-refractivity contribution in [1.29, 1.82) is 0 Å². The van der Waals surface area contributed by atoms with Gasteiger partial charge in [-0.05, 0) is 25.2 Å². The molecule has 1 aliphatic rings. The quantitative estimate of drug-likeness (QED) is 0.608. The van der Waals surface area contributed by atoms with Gasteiger partial charge in [-0.25, -0.2) is 0 Å². The molecule has 12 heavy (non-hydrogen) atoms. The molecule has 0 radical (unpaired) electrons. The molecule has 2 nitrogen and oxygen atoms in total. The number of hydrogen-bond acceptors (Lipinski definition) is 2. The van der Waals surface area contributed by atoms with E-state index >= 15 is 0 Å². The molecule has 1 atom stereocenters. The number of carbonyl (C=O) groups is 1. The Hall–Kier alpha value is -0.530. The van der Waals surface area contributed by atoms with E-state index in [9.17, 15) is 4.79 Å². The topological polar surface area (TPSA) is 26.3 Å². The average molecular weight is 170 g/mol. The molecule has 0 N–H and O–H groups in total. The fraction of sp³-hybridized carbons (Fsp3) is 0.900. The van der Waals surface area contributed by atoms with Gasteiger partial charge in [0.25, 0.3) is 0 Å². The molecule has 1 heterocycles. The first-order chi connectivity index (χ1) is 5.83. The van der Waals surface area contributed by atoms with E-state index in [0.717, 1.165) is 6.42 Å². The second kappa shape index (κ2) is 5.18. The van der Waals surface area contributed by atoms with E-state index in [1.165, 1.54) is 25.7 Å². The standard InChI is InChI=1S/C10H18O2/c1-2-3-5-9-6-4-7-10(11)12-8-9/h9H,2-8H2,1H3/t9-/m1/s1. The zero-order valence-electron chi connectivity index (χ0n) is 7.84. The van der Waals surface area contributed by atoms with Crippen LogP contribution in [0.5, 0.6) is 0 Å². The molecule has 0 aromatic rings. The van der Waals surface area contributed by atoms with Crippen molar-refractivity contribution in [2.24, 2.45) is 5.92 Å². The Bertz CT molecular complexity index is 143. The zero-order chi connectivity index (χ0) is 8.81. The van der Waals surface area contributed by atoms with E-state index in [1.807, 2.05) is 0 Å². The summed E-state index contributed by atoms with van der Waals surface area (Å²) in [5.74, 6) is 0.630. The monoisotopic (exact) mass is 170 g/mol. The lowest BCUT2D eigenvalue weighted by Crippen LogP contribution is -2.09. The molecule has 1 fully saturated rings. The maximum atomic E-state index is 10.9. The van der Waals surface area contributed by atoms with Gasteiger partial charge in [-0.2, -0.15) is 0 Å². The van der Waals surface area contributed by atoms with Crippen LogP contribution in [0.1, 0.15) is 45.4 Å². The number of carbonyl (C=O) groups excluding carboxylic acids is 1. The summed E-state index contributed by atoms with van der Waals surface area (Å²) < 4.78 is 5.07. The Kier molecular flexibility index (Phi) is 4.12. The molecule has 0 spiro atoms. The van der Waals surface area contributed by atoms with Crippen molar-refractivity contribution < 1.29 is 9.53 Å². The highest BCUT2D eigenvalue weighted by molar-refractivity contribution is 5.69. The van der Waals surface area contributed by atoms with Crippen LogP contribution in [-0.2, 0) is 9.53 Å². The minimum Gasteiger partial charge on any atom is -0.465 e. The van der Waals surface area contributed by atoms with E-state index in [0.29, 0.717) is 18.9 Å². The number of esters is 1. The van der Waals surface area contributed by atoms with E-state index < -0.39 is 0 Å². The van der Waals surface area contributed by atoms with Crippen molar-refractivity contribution in [1.82, 2.24) is 0 Å². The molecule has 0 unspecified atom stereocenters. The van der Waals surface area contributed by atoms with Gasteiger partial charge < -0.3 is 4.74 Å². The molecule has 1 aliphatic heterocycles.